The average molecular weight is 511 g/mol. The molecule has 4 rings (SSSR count). The van der Waals surface area contributed by atoms with Crippen molar-refractivity contribution in [1.82, 2.24) is 10.2 Å². The molecule has 0 saturated carbocycles. The second kappa shape index (κ2) is 10.6. The highest BCUT2D eigenvalue weighted by Gasteiger charge is 2.34. The summed E-state index contributed by atoms with van der Waals surface area (Å²) in [6.07, 6.45) is 4.43. The molecular weight excluding hydrogens is 476 g/mol. The summed E-state index contributed by atoms with van der Waals surface area (Å²) in [6.45, 7) is 10.3. The van der Waals surface area contributed by atoms with Gasteiger partial charge in [0.1, 0.15) is 29.5 Å². The van der Waals surface area contributed by atoms with Crippen molar-refractivity contribution < 1.29 is 24.2 Å². The first-order valence-corrected chi connectivity index (χ1v) is 13.0. The molecule has 2 aliphatic heterocycles. The van der Waals surface area contributed by atoms with Gasteiger partial charge in [-0.1, -0.05) is 12.1 Å². The third-order valence-electron chi connectivity index (χ3n) is 7.18. The van der Waals surface area contributed by atoms with Gasteiger partial charge in [-0.05, 0) is 106 Å². The summed E-state index contributed by atoms with van der Waals surface area (Å²) in [6, 6.07) is 7.47. The third-order valence-corrected chi connectivity index (χ3v) is 7.99. The lowest BCUT2D eigenvalue weighted by atomic mass is 9.85. The molecule has 2 heterocycles. The number of carbonyl (C=O) groups is 2. The number of phenols is 1. The number of amides is 2. The van der Waals surface area contributed by atoms with E-state index in [0.29, 0.717) is 17.3 Å². The molecule has 2 aromatic carbocycles. The van der Waals surface area contributed by atoms with Gasteiger partial charge in [0, 0.05) is 18.7 Å². The largest absolute Gasteiger partial charge is 0.507 e. The number of hydrogen-bond donors (Lipinski definition) is 2. The Labute approximate surface area is 216 Å². The van der Waals surface area contributed by atoms with Crippen LogP contribution in [-0.4, -0.2) is 53.5 Å². The number of fused-ring (bicyclic) bond motifs is 1. The number of likely N-dealkylation sites (N-methyl/N-ethyl adjacent to an activating group) is 1. The van der Waals surface area contributed by atoms with E-state index in [9.17, 15) is 14.7 Å². The molecule has 192 valence electrons. The van der Waals surface area contributed by atoms with E-state index >= 15 is 0 Å². The number of benzene rings is 2. The van der Waals surface area contributed by atoms with Crippen molar-refractivity contribution in [2.45, 2.75) is 52.6 Å². The van der Waals surface area contributed by atoms with E-state index in [-0.39, 0.29) is 16.7 Å². The van der Waals surface area contributed by atoms with Gasteiger partial charge in [-0.2, -0.15) is 0 Å². The molecule has 0 spiro atoms. The van der Waals surface area contributed by atoms with Gasteiger partial charge in [-0.3, -0.25) is 14.9 Å². The molecule has 2 N–H and O–H groups in total. The first kappa shape index (κ1) is 26.1. The molecule has 2 amide bonds. The lowest BCUT2D eigenvalue weighted by Crippen LogP contribution is -2.40. The van der Waals surface area contributed by atoms with Crippen molar-refractivity contribution in [2.24, 2.45) is 0 Å². The molecule has 1 fully saturated rings. The predicted octanol–water partition coefficient (Wildman–Crippen LogP) is 5.13. The molecule has 1 saturated heterocycles. The molecule has 0 aliphatic carbocycles. The number of aromatic hydroxyl groups is 1. The number of imide groups is 1. The number of ether oxygens (including phenoxy) is 2. The highest BCUT2D eigenvalue weighted by Crippen LogP contribution is 2.44. The van der Waals surface area contributed by atoms with Crippen molar-refractivity contribution in [2.75, 3.05) is 26.7 Å². The minimum absolute atomic E-state index is 0.244. The number of nitrogens with zero attached hydrogens (tertiary/aromatic N) is 1. The van der Waals surface area contributed by atoms with E-state index in [2.05, 4.69) is 24.2 Å². The highest BCUT2D eigenvalue weighted by molar-refractivity contribution is 8.18. The van der Waals surface area contributed by atoms with Crippen LogP contribution in [0, 0.1) is 20.8 Å². The maximum Gasteiger partial charge on any atom is 0.290 e. The van der Waals surface area contributed by atoms with Gasteiger partial charge in [0.15, 0.2) is 0 Å². The van der Waals surface area contributed by atoms with E-state index < -0.39 is 0 Å². The molecule has 0 aromatic heterocycles. The zero-order valence-electron chi connectivity index (χ0n) is 21.6. The van der Waals surface area contributed by atoms with Gasteiger partial charge in [0.2, 0.25) is 0 Å². The van der Waals surface area contributed by atoms with Gasteiger partial charge in [0.05, 0.1) is 4.91 Å². The molecule has 2 aromatic rings. The Kier molecular flexibility index (Phi) is 7.66. The zero-order valence-corrected chi connectivity index (χ0v) is 22.4. The predicted molar refractivity (Wildman–Crippen MR) is 143 cm³/mol. The summed E-state index contributed by atoms with van der Waals surface area (Å²) in [4.78, 5) is 25.6. The van der Waals surface area contributed by atoms with Gasteiger partial charge >= 0.3 is 0 Å². The molecule has 0 radical (unpaired) electrons. The van der Waals surface area contributed by atoms with Crippen LogP contribution in [-0.2, 0) is 11.2 Å². The number of hydrogen-bond acceptors (Lipinski definition) is 7. The SMILES string of the molecule is Cc1c(C)c2c(c(C)c1O)CCC(C)(CCN(C)CCOc1ccc(C=C3SC(=O)NC3=O)cc1)O2. The van der Waals surface area contributed by atoms with Crippen LogP contribution < -0.4 is 14.8 Å². The fourth-order valence-corrected chi connectivity index (χ4v) is 5.24. The Morgan fingerprint density at radius 2 is 1.86 bits per heavy atom. The van der Waals surface area contributed by atoms with Crippen molar-refractivity contribution in [3.63, 3.8) is 0 Å². The maximum absolute atomic E-state index is 11.7. The third kappa shape index (κ3) is 5.71. The summed E-state index contributed by atoms with van der Waals surface area (Å²) in [5, 5.41) is 12.3. The number of rotatable bonds is 8. The molecule has 36 heavy (non-hydrogen) atoms. The molecule has 2 aliphatic rings. The number of thioether (sulfide) groups is 1. The topological polar surface area (TPSA) is 88.1 Å². The zero-order chi connectivity index (χ0) is 26.0. The monoisotopic (exact) mass is 510 g/mol. The van der Waals surface area contributed by atoms with Crippen molar-refractivity contribution >= 4 is 29.0 Å². The Morgan fingerprint density at radius 3 is 2.53 bits per heavy atom. The Hall–Kier alpha value is -2.97. The molecule has 1 unspecified atom stereocenters. The molecule has 0 bridgehead atoms. The normalized spacial score (nSPS) is 20.4. The first-order chi connectivity index (χ1) is 17.1. The van der Waals surface area contributed by atoms with E-state index in [1.165, 1.54) is 0 Å². The lowest BCUT2D eigenvalue weighted by Gasteiger charge is -2.38. The average Bonchev–Trinajstić information content (AvgIpc) is 3.17. The lowest BCUT2D eigenvalue weighted by molar-refractivity contribution is -0.115. The number of nitrogens with one attached hydrogen (secondary N) is 1. The van der Waals surface area contributed by atoms with Crippen LogP contribution in [0.25, 0.3) is 6.08 Å². The Bertz CT molecular complexity index is 1210. The summed E-state index contributed by atoms with van der Waals surface area (Å²) >= 11 is 0.909. The summed E-state index contributed by atoms with van der Waals surface area (Å²) in [5.74, 6) is 1.74. The summed E-state index contributed by atoms with van der Waals surface area (Å²) in [5.41, 5.74) is 4.59. The summed E-state index contributed by atoms with van der Waals surface area (Å²) < 4.78 is 12.4. The quantitative estimate of drug-likeness (QED) is 0.476. The van der Waals surface area contributed by atoms with Crippen molar-refractivity contribution in [3.05, 3.63) is 57.0 Å². The van der Waals surface area contributed by atoms with E-state index in [1.54, 1.807) is 6.08 Å². The number of carbonyl (C=O) groups excluding carboxylic acids is 2. The van der Waals surface area contributed by atoms with Gasteiger partial charge in [-0.15, -0.1) is 0 Å². The fraction of sp³-hybridized carbons (Fsp3) is 0.429. The van der Waals surface area contributed by atoms with Crippen LogP contribution in [0.15, 0.2) is 29.2 Å². The molecule has 8 heteroatoms. The number of phenolic OH excluding ortho intramolecular Hbond substituents is 1. The molecule has 7 nitrogen and oxygen atoms in total. The Balaban J connectivity index is 1.25. The van der Waals surface area contributed by atoms with Crippen LogP contribution in [0.2, 0.25) is 0 Å². The maximum atomic E-state index is 11.7. The van der Waals surface area contributed by atoms with Crippen LogP contribution in [0.5, 0.6) is 17.2 Å². The smallest absolute Gasteiger partial charge is 0.290 e. The second-order valence-corrected chi connectivity index (χ2v) is 10.9. The van der Waals surface area contributed by atoms with Crippen LogP contribution >= 0.6 is 11.8 Å². The fourth-order valence-electron chi connectivity index (χ4n) is 4.56. The molecular formula is C28H34N2O5S. The first-order valence-electron chi connectivity index (χ1n) is 12.2. The Morgan fingerprint density at radius 1 is 1.14 bits per heavy atom. The standard InChI is InChI=1S/C28H34N2O5S/c1-17-18(2)25-22(19(3)24(17)31)10-11-28(4,35-25)12-13-30(5)14-15-34-21-8-6-20(7-9-21)16-23-26(32)29-27(33)36-23/h6-9,16,31H,10-15H2,1-5H3,(H,29,32,33). The van der Waals surface area contributed by atoms with Gasteiger partial charge in [0.25, 0.3) is 11.1 Å². The van der Waals surface area contributed by atoms with E-state index in [0.717, 1.165) is 83.4 Å². The van der Waals surface area contributed by atoms with Crippen LogP contribution in [0.1, 0.15) is 47.6 Å². The van der Waals surface area contributed by atoms with Crippen molar-refractivity contribution in [1.29, 1.82) is 0 Å². The van der Waals surface area contributed by atoms with Crippen LogP contribution in [0.4, 0.5) is 4.79 Å². The van der Waals surface area contributed by atoms with Crippen molar-refractivity contribution in [3.8, 4) is 17.2 Å². The molecule has 1 atom stereocenters. The minimum atomic E-state index is -0.357. The van der Waals surface area contributed by atoms with Crippen LogP contribution in [0.3, 0.4) is 0 Å². The van der Waals surface area contributed by atoms with Gasteiger partial charge in [-0.25, -0.2) is 0 Å². The second-order valence-electron chi connectivity index (χ2n) is 9.91. The van der Waals surface area contributed by atoms with E-state index in [4.69, 9.17) is 9.47 Å². The van der Waals surface area contributed by atoms with E-state index in [1.807, 2.05) is 45.0 Å². The highest BCUT2D eigenvalue weighted by atomic mass is 32.2. The minimum Gasteiger partial charge on any atom is -0.507 e. The van der Waals surface area contributed by atoms with Gasteiger partial charge < -0.3 is 19.5 Å². The summed E-state index contributed by atoms with van der Waals surface area (Å²) in [7, 11) is 2.09.